The van der Waals surface area contributed by atoms with Crippen LogP contribution in [0.5, 0.6) is 0 Å². The van der Waals surface area contributed by atoms with Gasteiger partial charge in [-0.15, -0.1) is 0 Å². The van der Waals surface area contributed by atoms with E-state index in [0.717, 1.165) is 19.0 Å². The van der Waals surface area contributed by atoms with Crippen LogP contribution in [0.1, 0.15) is 38.5 Å². The predicted molar refractivity (Wildman–Crippen MR) is 64.1 cm³/mol. The molecule has 0 heterocycles. The number of primary amides is 1. The Morgan fingerprint density at radius 1 is 1.25 bits per heavy atom. The summed E-state index contributed by atoms with van der Waals surface area (Å²) in [4.78, 5) is 10.4. The lowest BCUT2D eigenvalue weighted by Gasteiger charge is -2.21. The Labute approximate surface area is 97.9 Å². The molecule has 1 rings (SSSR count). The first-order chi connectivity index (χ1) is 7.79. The molecule has 0 aromatic heterocycles. The van der Waals surface area contributed by atoms with Crippen LogP contribution >= 0.6 is 0 Å². The average Bonchev–Trinajstić information content (AvgIpc) is 2.29. The molecule has 0 bridgehead atoms. The minimum atomic E-state index is -0.401. The van der Waals surface area contributed by atoms with Gasteiger partial charge in [-0.3, -0.25) is 4.79 Å². The van der Waals surface area contributed by atoms with Crippen LogP contribution in [0.25, 0.3) is 0 Å². The first-order valence-electron chi connectivity index (χ1n) is 6.36. The van der Waals surface area contributed by atoms with Crippen molar-refractivity contribution in [3.05, 3.63) is 0 Å². The highest BCUT2D eigenvalue weighted by Crippen LogP contribution is 2.25. The maximum Gasteiger partial charge on any atom is 0.243 e. The Bertz CT molecular complexity index is 191. The predicted octanol–water partition coefficient (Wildman–Crippen LogP) is 1.05. The van der Waals surface area contributed by atoms with Gasteiger partial charge < -0.3 is 15.8 Å². The zero-order chi connectivity index (χ0) is 11.6. The first-order valence-corrected chi connectivity index (χ1v) is 6.36. The Morgan fingerprint density at radius 2 is 2.00 bits per heavy atom. The molecule has 1 aliphatic carbocycles. The van der Waals surface area contributed by atoms with Gasteiger partial charge >= 0.3 is 0 Å². The lowest BCUT2D eigenvalue weighted by molar-refractivity contribution is -0.122. The van der Waals surface area contributed by atoms with Crippen molar-refractivity contribution in [2.45, 2.75) is 38.5 Å². The van der Waals surface area contributed by atoms with Crippen LogP contribution in [0.15, 0.2) is 0 Å². The smallest absolute Gasteiger partial charge is 0.243 e. The van der Waals surface area contributed by atoms with E-state index in [2.05, 4.69) is 5.32 Å². The summed E-state index contributed by atoms with van der Waals surface area (Å²) >= 11 is 0. The third-order valence-corrected chi connectivity index (χ3v) is 3.12. The molecule has 4 nitrogen and oxygen atoms in total. The second-order valence-electron chi connectivity index (χ2n) is 4.56. The van der Waals surface area contributed by atoms with E-state index < -0.39 is 5.91 Å². The molecule has 0 atom stereocenters. The summed E-state index contributed by atoms with van der Waals surface area (Å²) in [5.74, 6) is 0.523. The van der Waals surface area contributed by atoms with E-state index in [-0.39, 0.29) is 6.61 Å². The highest BCUT2D eigenvalue weighted by atomic mass is 16.5. The van der Waals surface area contributed by atoms with Crippen molar-refractivity contribution in [2.24, 2.45) is 11.7 Å². The van der Waals surface area contributed by atoms with Gasteiger partial charge in [-0.05, 0) is 18.9 Å². The lowest BCUT2D eigenvalue weighted by Crippen LogP contribution is -2.25. The van der Waals surface area contributed by atoms with Crippen LogP contribution < -0.4 is 11.1 Å². The number of carbonyl (C=O) groups is 1. The number of rotatable bonds is 8. The van der Waals surface area contributed by atoms with Gasteiger partial charge in [-0.2, -0.15) is 0 Å². The van der Waals surface area contributed by atoms with E-state index in [9.17, 15) is 4.79 Å². The number of amides is 1. The van der Waals surface area contributed by atoms with Crippen molar-refractivity contribution in [3.8, 4) is 0 Å². The van der Waals surface area contributed by atoms with Gasteiger partial charge in [0.1, 0.15) is 6.61 Å². The van der Waals surface area contributed by atoms with Crippen molar-refractivity contribution in [1.29, 1.82) is 0 Å². The molecule has 3 N–H and O–H groups in total. The summed E-state index contributed by atoms with van der Waals surface area (Å²) < 4.78 is 5.05. The monoisotopic (exact) mass is 228 g/mol. The molecule has 0 saturated heterocycles. The third kappa shape index (κ3) is 6.80. The fourth-order valence-corrected chi connectivity index (χ4v) is 2.22. The second kappa shape index (κ2) is 8.53. The number of ether oxygens (including phenoxy) is 1. The van der Waals surface area contributed by atoms with E-state index in [1.807, 2.05) is 0 Å². The summed E-state index contributed by atoms with van der Waals surface area (Å²) in [5, 5.41) is 3.33. The topological polar surface area (TPSA) is 64.4 Å². The van der Waals surface area contributed by atoms with E-state index >= 15 is 0 Å². The van der Waals surface area contributed by atoms with Crippen LogP contribution in [-0.2, 0) is 9.53 Å². The lowest BCUT2D eigenvalue weighted by atomic mass is 9.87. The molecule has 1 saturated carbocycles. The van der Waals surface area contributed by atoms with Gasteiger partial charge in [0.2, 0.25) is 5.91 Å². The molecule has 0 aromatic carbocycles. The molecule has 0 unspecified atom stereocenters. The molecule has 1 aliphatic rings. The summed E-state index contributed by atoms with van der Waals surface area (Å²) in [5.41, 5.74) is 4.95. The van der Waals surface area contributed by atoms with Gasteiger partial charge in [0.25, 0.3) is 0 Å². The van der Waals surface area contributed by atoms with Crippen LogP contribution in [0, 0.1) is 5.92 Å². The molecule has 0 radical (unpaired) electrons. The van der Waals surface area contributed by atoms with E-state index in [0.29, 0.717) is 6.61 Å². The highest BCUT2D eigenvalue weighted by Gasteiger charge is 2.12. The fourth-order valence-electron chi connectivity index (χ4n) is 2.22. The fraction of sp³-hybridized carbons (Fsp3) is 0.917. The van der Waals surface area contributed by atoms with Gasteiger partial charge in [0.05, 0.1) is 6.61 Å². The van der Waals surface area contributed by atoms with Gasteiger partial charge in [-0.25, -0.2) is 0 Å². The van der Waals surface area contributed by atoms with Gasteiger partial charge in [0.15, 0.2) is 0 Å². The molecule has 1 fully saturated rings. The third-order valence-electron chi connectivity index (χ3n) is 3.12. The molecule has 0 spiro atoms. The Kier molecular flexibility index (Phi) is 7.17. The Hall–Kier alpha value is -0.610. The average molecular weight is 228 g/mol. The summed E-state index contributed by atoms with van der Waals surface area (Å²) in [6, 6.07) is 0. The Morgan fingerprint density at radius 3 is 2.69 bits per heavy atom. The number of hydrogen-bond acceptors (Lipinski definition) is 3. The van der Waals surface area contributed by atoms with Crippen molar-refractivity contribution >= 4 is 5.91 Å². The van der Waals surface area contributed by atoms with Crippen molar-refractivity contribution in [1.82, 2.24) is 5.32 Å². The van der Waals surface area contributed by atoms with Crippen molar-refractivity contribution < 1.29 is 9.53 Å². The number of carbonyl (C=O) groups excluding carboxylic acids is 1. The van der Waals surface area contributed by atoms with E-state index in [4.69, 9.17) is 10.5 Å². The first kappa shape index (κ1) is 13.5. The van der Waals surface area contributed by atoms with E-state index in [1.54, 1.807) is 0 Å². The van der Waals surface area contributed by atoms with Crippen LogP contribution in [-0.4, -0.2) is 32.2 Å². The van der Waals surface area contributed by atoms with Crippen molar-refractivity contribution in [2.75, 3.05) is 26.3 Å². The van der Waals surface area contributed by atoms with Crippen LogP contribution in [0.4, 0.5) is 0 Å². The summed E-state index contributed by atoms with van der Waals surface area (Å²) in [6.45, 7) is 2.46. The standard InChI is InChI=1S/C12H24N2O2/c13-12(15)10-16-9-8-14-7-6-11-4-2-1-3-5-11/h11,14H,1-10H2,(H2,13,15). The zero-order valence-electron chi connectivity index (χ0n) is 10.0. The highest BCUT2D eigenvalue weighted by molar-refractivity contribution is 5.74. The van der Waals surface area contributed by atoms with E-state index in [1.165, 1.54) is 38.5 Å². The Balaban J connectivity index is 1.82. The molecule has 0 aliphatic heterocycles. The SMILES string of the molecule is NC(=O)COCCNCCC1CCCCC1. The largest absolute Gasteiger partial charge is 0.370 e. The second-order valence-corrected chi connectivity index (χ2v) is 4.56. The molecular weight excluding hydrogens is 204 g/mol. The number of hydrogen-bond donors (Lipinski definition) is 2. The quantitative estimate of drug-likeness (QED) is 0.610. The number of nitrogens with one attached hydrogen (secondary N) is 1. The molecule has 1 amide bonds. The molecule has 4 heteroatoms. The number of nitrogens with two attached hydrogens (primary N) is 1. The summed E-state index contributed by atoms with van der Waals surface area (Å²) in [7, 11) is 0. The molecule has 16 heavy (non-hydrogen) atoms. The van der Waals surface area contributed by atoms with Crippen LogP contribution in [0.2, 0.25) is 0 Å². The minimum Gasteiger partial charge on any atom is -0.370 e. The molecule has 0 aromatic rings. The maximum atomic E-state index is 10.4. The minimum absolute atomic E-state index is 0.0320. The zero-order valence-corrected chi connectivity index (χ0v) is 10.0. The molecule has 94 valence electrons. The van der Waals surface area contributed by atoms with Gasteiger partial charge in [0, 0.05) is 6.54 Å². The van der Waals surface area contributed by atoms with Crippen LogP contribution in [0.3, 0.4) is 0 Å². The van der Waals surface area contributed by atoms with Gasteiger partial charge in [-0.1, -0.05) is 32.1 Å². The summed E-state index contributed by atoms with van der Waals surface area (Å²) in [6.07, 6.45) is 8.32. The molecular formula is C12H24N2O2. The normalized spacial score (nSPS) is 17.5. The maximum absolute atomic E-state index is 10.4. The van der Waals surface area contributed by atoms with Crippen molar-refractivity contribution in [3.63, 3.8) is 0 Å².